The Labute approximate surface area is 200 Å². The highest BCUT2D eigenvalue weighted by Gasteiger charge is 2.32. The zero-order valence-corrected chi connectivity index (χ0v) is 20.9. The van der Waals surface area contributed by atoms with Gasteiger partial charge in [0.05, 0.1) is 22.6 Å². The fraction of sp³-hybridized carbons (Fsp3) is 0.500. The molecule has 3 aromatic rings. The second-order valence-electron chi connectivity index (χ2n) is 9.36. The number of ether oxygens (including phenoxy) is 1. The molecule has 4 rings (SSSR count). The number of hydrogen-bond donors (Lipinski definition) is 1. The van der Waals surface area contributed by atoms with Crippen LogP contribution in [0.1, 0.15) is 48.8 Å². The summed E-state index contributed by atoms with van der Waals surface area (Å²) in [5.74, 6) is -1.15. The lowest BCUT2D eigenvalue weighted by molar-refractivity contribution is 0.0159. The topological polar surface area (TPSA) is 105 Å². The number of aryl methyl sites for hydroxylation is 2. The van der Waals surface area contributed by atoms with Crippen LogP contribution in [0.5, 0.6) is 0 Å². The van der Waals surface area contributed by atoms with Crippen molar-refractivity contribution in [1.29, 1.82) is 0 Å². The molecule has 1 aliphatic rings. The van der Waals surface area contributed by atoms with Gasteiger partial charge in [-0.05, 0) is 41.5 Å². The zero-order valence-electron chi connectivity index (χ0n) is 20.0. The first-order chi connectivity index (χ1) is 15.9. The highest BCUT2D eigenvalue weighted by Crippen LogP contribution is 2.31. The molecular formula is C22H28FN7O3S. The minimum absolute atomic E-state index is 0.0536. The second kappa shape index (κ2) is 8.82. The Hall–Kier alpha value is -3.28. The van der Waals surface area contributed by atoms with E-state index in [2.05, 4.69) is 20.4 Å². The maximum absolute atomic E-state index is 14.7. The van der Waals surface area contributed by atoms with Gasteiger partial charge in [-0.25, -0.2) is 13.7 Å². The van der Waals surface area contributed by atoms with E-state index in [1.807, 2.05) is 39.5 Å². The monoisotopic (exact) mass is 489 g/mol. The number of nitrogens with zero attached hydrogens (tertiary/aromatic N) is 6. The van der Waals surface area contributed by atoms with Crippen molar-refractivity contribution in [1.82, 2.24) is 24.5 Å². The lowest BCUT2D eigenvalue weighted by Gasteiger charge is -2.40. The molecule has 3 aromatic heterocycles. The average molecular weight is 490 g/mol. The minimum atomic E-state index is -0.618. The Bertz CT molecular complexity index is 1250. The van der Waals surface area contributed by atoms with Crippen molar-refractivity contribution in [2.75, 3.05) is 29.9 Å². The summed E-state index contributed by atoms with van der Waals surface area (Å²) in [7, 11) is 0. The quantitative estimate of drug-likeness (QED) is 0.599. The molecule has 1 N–H and O–H groups in total. The second-order valence-corrected chi connectivity index (χ2v) is 10.4. The molecule has 2 amide bonds. The number of piperazine rings is 1. The molecule has 1 aliphatic heterocycles. The maximum atomic E-state index is 14.7. The summed E-state index contributed by atoms with van der Waals surface area (Å²) in [5, 5.41) is 7.44. The zero-order chi connectivity index (χ0) is 24.8. The van der Waals surface area contributed by atoms with Crippen LogP contribution in [0.3, 0.4) is 0 Å². The molecule has 182 valence electrons. The fourth-order valence-corrected chi connectivity index (χ4v) is 4.78. The van der Waals surface area contributed by atoms with Crippen molar-refractivity contribution in [2.24, 2.45) is 0 Å². The van der Waals surface area contributed by atoms with Crippen LogP contribution < -0.4 is 10.2 Å². The summed E-state index contributed by atoms with van der Waals surface area (Å²) < 4.78 is 21.7. The molecule has 1 unspecified atom stereocenters. The van der Waals surface area contributed by atoms with Crippen LogP contribution in [0.25, 0.3) is 5.65 Å². The standard InChI is InChI=1S/C22H28FN7O3S/c1-12-10-30-18(14(3)24-12)25-20(27-30)26-19(31)17-15(23)9-16(34-17)28-7-8-29(13(2)11-28)21(32)33-22(4,5)6/h9-10,13H,7-8,11H2,1-6H3,(H,26,27,31). The van der Waals surface area contributed by atoms with E-state index in [0.29, 0.717) is 36.0 Å². The number of fused-ring (bicyclic) bond motifs is 1. The van der Waals surface area contributed by atoms with Crippen LogP contribution in [0.2, 0.25) is 0 Å². The molecule has 10 nitrogen and oxygen atoms in total. The van der Waals surface area contributed by atoms with Gasteiger partial charge >= 0.3 is 6.09 Å². The van der Waals surface area contributed by atoms with Gasteiger partial charge in [-0.2, -0.15) is 4.98 Å². The molecule has 1 fully saturated rings. The van der Waals surface area contributed by atoms with Gasteiger partial charge in [0, 0.05) is 31.7 Å². The third kappa shape index (κ3) is 4.96. The van der Waals surface area contributed by atoms with E-state index < -0.39 is 17.3 Å². The van der Waals surface area contributed by atoms with E-state index in [9.17, 15) is 14.0 Å². The minimum Gasteiger partial charge on any atom is -0.444 e. The third-order valence-corrected chi connectivity index (χ3v) is 6.45. The van der Waals surface area contributed by atoms with Crippen molar-refractivity contribution in [3.8, 4) is 0 Å². The largest absolute Gasteiger partial charge is 0.444 e. The van der Waals surface area contributed by atoms with Crippen LogP contribution >= 0.6 is 11.3 Å². The van der Waals surface area contributed by atoms with E-state index in [-0.39, 0.29) is 23.0 Å². The predicted octanol–water partition coefficient (Wildman–Crippen LogP) is 3.64. The summed E-state index contributed by atoms with van der Waals surface area (Å²) >= 11 is 1.06. The number of amides is 2. The third-order valence-electron chi connectivity index (χ3n) is 5.28. The van der Waals surface area contributed by atoms with E-state index in [1.54, 1.807) is 18.0 Å². The smallest absolute Gasteiger partial charge is 0.410 e. The Balaban J connectivity index is 1.45. The summed E-state index contributed by atoms with van der Waals surface area (Å²) in [4.78, 5) is 37.4. The van der Waals surface area contributed by atoms with Gasteiger partial charge < -0.3 is 14.5 Å². The van der Waals surface area contributed by atoms with Crippen LogP contribution in [0, 0.1) is 19.7 Å². The van der Waals surface area contributed by atoms with Crippen molar-refractivity contribution in [2.45, 2.75) is 53.2 Å². The number of hydrogen-bond acceptors (Lipinski definition) is 8. The van der Waals surface area contributed by atoms with Crippen LogP contribution in [-0.2, 0) is 4.74 Å². The Morgan fingerprint density at radius 2 is 1.97 bits per heavy atom. The van der Waals surface area contributed by atoms with Crippen LogP contribution in [0.15, 0.2) is 12.3 Å². The molecule has 0 spiro atoms. The molecule has 0 aromatic carbocycles. The fourth-order valence-electron chi connectivity index (χ4n) is 3.81. The number of nitrogens with one attached hydrogen (secondary N) is 1. The first-order valence-corrected chi connectivity index (χ1v) is 11.8. The van der Waals surface area contributed by atoms with Crippen molar-refractivity contribution in [3.05, 3.63) is 34.3 Å². The van der Waals surface area contributed by atoms with Crippen molar-refractivity contribution >= 4 is 39.9 Å². The van der Waals surface area contributed by atoms with E-state index >= 15 is 0 Å². The maximum Gasteiger partial charge on any atom is 0.410 e. The summed E-state index contributed by atoms with van der Waals surface area (Å²) in [6.07, 6.45) is 1.34. The Morgan fingerprint density at radius 1 is 1.24 bits per heavy atom. The highest BCUT2D eigenvalue weighted by atomic mass is 32.1. The van der Waals surface area contributed by atoms with Crippen LogP contribution in [-0.4, -0.2) is 67.8 Å². The Morgan fingerprint density at radius 3 is 2.65 bits per heavy atom. The number of carbonyl (C=O) groups excluding carboxylic acids is 2. The van der Waals surface area contributed by atoms with Gasteiger partial charge in [0.25, 0.3) is 5.91 Å². The van der Waals surface area contributed by atoms with Gasteiger partial charge in [-0.1, -0.05) is 0 Å². The number of rotatable bonds is 3. The van der Waals surface area contributed by atoms with Gasteiger partial charge in [0.1, 0.15) is 16.3 Å². The molecule has 0 aliphatic carbocycles. The number of thiophene rings is 1. The summed E-state index contributed by atoms with van der Waals surface area (Å²) in [6, 6.07) is 1.22. The van der Waals surface area contributed by atoms with Gasteiger partial charge in [-0.15, -0.1) is 16.4 Å². The summed E-state index contributed by atoms with van der Waals surface area (Å²) in [6.45, 7) is 12.5. The lowest BCUT2D eigenvalue weighted by Crippen LogP contribution is -2.55. The number of aromatic nitrogens is 4. The summed E-state index contributed by atoms with van der Waals surface area (Å²) in [5.41, 5.74) is 1.39. The molecule has 0 saturated carbocycles. The molecule has 4 heterocycles. The molecule has 1 saturated heterocycles. The number of halogens is 1. The number of anilines is 2. The van der Waals surface area contributed by atoms with Gasteiger partial charge in [-0.3, -0.25) is 15.1 Å². The Kier molecular flexibility index (Phi) is 6.19. The van der Waals surface area contributed by atoms with E-state index in [4.69, 9.17) is 4.74 Å². The molecule has 12 heteroatoms. The first-order valence-electron chi connectivity index (χ1n) is 11.0. The van der Waals surface area contributed by atoms with Gasteiger partial charge in [0.15, 0.2) is 5.65 Å². The van der Waals surface area contributed by atoms with Crippen molar-refractivity contribution in [3.63, 3.8) is 0 Å². The number of carbonyl (C=O) groups is 2. The van der Waals surface area contributed by atoms with Crippen molar-refractivity contribution < 1.29 is 18.7 Å². The lowest BCUT2D eigenvalue weighted by atomic mass is 10.2. The molecule has 0 bridgehead atoms. The van der Waals surface area contributed by atoms with Crippen LogP contribution in [0.4, 0.5) is 20.1 Å². The van der Waals surface area contributed by atoms with E-state index in [0.717, 1.165) is 17.0 Å². The predicted molar refractivity (Wildman–Crippen MR) is 127 cm³/mol. The highest BCUT2D eigenvalue weighted by molar-refractivity contribution is 7.18. The van der Waals surface area contributed by atoms with Gasteiger partial charge in [0.2, 0.25) is 5.95 Å². The average Bonchev–Trinajstić information content (AvgIpc) is 3.29. The molecule has 1 atom stereocenters. The van der Waals surface area contributed by atoms with E-state index in [1.165, 1.54) is 10.6 Å². The normalized spacial score (nSPS) is 16.7. The molecule has 0 radical (unpaired) electrons. The molecular weight excluding hydrogens is 461 g/mol. The first kappa shape index (κ1) is 23.9. The molecule has 34 heavy (non-hydrogen) atoms. The SMILES string of the molecule is Cc1cn2nc(NC(=O)c3sc(N4CCN(C(=O)OC(C)(C)C)C(C)C4)cc3F)nc2c(C)n1.